The molecule has 164 valence electrons. The van der Waals surface area contributed by atoms with Crippen molar-refractivity contribution < 1.29 is 19.1 Å². The van der Waals surface area contributed by atoms with Gasteiger partial charge in [0.15, 0.2) is 5.78 Å². The Kier molecular flexibility index (Phi) is 5.52. The normalized spacial score (nSPS) is 17.4. The van der Waals surface area contributed by atoms with Gasteiger partial charge in [-0.15, -0.1) is 0 Å². The monoisotopic (exact) mass is 432 g/mol. The van der Waals surface area contributed by atoms with Crippen molar-refractivity contribution in [3.8, 4) is 11.3 Å². The lowest BCUT2D eigenvalue weighted by Crippen LogP contribution is -2.37. The van der Waals surface area contributed by atoms with Gasteiger partial charge in [-0.3, -0.25) is 14.4 Å². The van der Waals surface area contributed by atoms with Gasteiger partial charge in [-0.25, -0.2) is 4.98 Å². The van der Waals surface area contributed by atoms with Crippen molar-refractivity contribution in [2.45, 2.75) is 26.7 Å². The number of H-pyrrole nitrogens is 1. The molecular weight excluding hydrogens is 408 g/mol. The Hall–Kier alpha value is -3.94. The average Bonchev–Trinajstić information content (AvgIpc) is 3.11. The number of ether oxygens (including phenoxy) is 1. The molecule has 0 saturated heterocycles. The van der Waals surface area contributed by atoms with E-state index in [4.69, 9.17) is 4.74 Å². The van der Waals surface area contributed by atoms with Crippen LogP contribution in [0, 0.1) is 5.41 Å². The van der Waals surface area contributed by atoms with Gasteiger partial charge in [-0.05, 0) is 31.2 Å². The molecule has 3 N–H and O–H groups in total. The van der Waals surface area contributed by atoms with Gasteiger partial charge in [0.1, 0.15) is 5.82 Å². The molecule has 0 fully saturated rings. The van der Waals surface area contributed by atoms with E-state index in [1.54, 1.807) is 25.3 Å². The number of methoxy groups -OCH3 is 1. The second-order valence-electron chi connectivity index (χ2n) is 8.16. The summed E-state index contributed by atoms with van der Waals surface area (Å²) >= 11 is 0. The number of hydrogen-bond acceptors (Lipinski definition) is 6. The quantitative estimate of drug-likeness (QED) is 0.524. The van der Waals surface area contributed by atoms with E-state index in [2.05, 4.69) is 20.6 Å². The summed E-state index contributed by atoms with van der Waals surface area (Å²) in [5.74, 6) is -0.385. The van der Waals surface area contributed by atoms with Crippen molar-refractivity contribution >= 4 is 34.9 Å². The number of para-hydroxylation sites is 1. The minimum absolute atomic E-state index is 0.0565. The number of fused-ring (bicyclic) bond motifs is 1. The number of anilines is 3. The van der Waals surface area contributed by atoms with Crippen LogP contribution in [-0.4, -0.2) is 34.7 Å². The number of aromatic nitrogens is 2. The Labute approximate surface area is 185 Å². The largest absolute Gasteiger partial charge is 0.469 e. The number of nitrogens with zero attached hydrogens (tertiary/aromatic N) is 1. The Morgan fingerprint density at radius 3 is 2.59 bits per heavy atom. The zero-order valence-corrected chi connectivity index (χ0v) is 18.1. The molecule has 1 aliphatic carbocycles. The lowest BCUT2D eigenvalue weighted by atomic mass is 9.74. The highest BCUT2D eigenvalue weighted by molar-refractivity contribution is 6.09. The number of carbonyl (C=O) groups is 3. The fourth-order valence-corrected chi connectivity index (χ4v) is 4.12. The molecule has 1 aliphatic rings. The first-order valence-electron chi connectivity index (χ1n) is 10.2. The lowest BCUT2D eigenvalue weighted by molar-refractivity contribution is -0.151. The number of ketones is 1. The predicted octanol–water partition coefficient (Wildman–Crippen LogP) is 4.09. The van der Waals surface area contributed by atoms with Crippen LogP contribution in [0.25, 0.3) is 11.3 Å². The number of benzene rings is 1. The van der Waals surface area contributed by atoms with Crippen LogP contribution >= 0.6 is 0 Å². The summed E-state index contributed by atoms with van der Waals surface area (Å²) in [6, 6.07) is 13.1. The topological polar surface area (TPSA) is 113 Å². The number of esters is 1. The summed E-state index contributed by atoms with van der Waals surface area (Å²) in [6.45, 7) is 3.15. The van der Waals surface area contributed by atoms with E-state index in [1.165, 1.54) is 14.0 Å². The summed E-state index contributed by atoms with van der Waals surface area (Å²) in [5.41, 5.74) is 3.12. The van der Waals surface area contributed by atoms with Crippen LogP contribution in [-0.2, 0) is 20.7 Å². The molecule has 1 amide bonds. The molecule has 32 heavy (non-hydrogen) atoms. The van der Waals surface area contributed by atoms with Crippen molar-refractivity contribution in [1.82, 2.24) is 9.97 Å². The van der Waals surface area contributed by atoms with E-state index in [9.17, 15) is 14.4 Å². The standard InChI is InChI=1S/C24H24N4O4/c1-14(29)26-19-11-15(9-10-25-19)21-22(27-16-7-5-4-6-8-16)20-17(28-21)12-24(2,13-18(20)30)23(31)32-3/h4-11,27-28H,12-13H2,1-3H3,(H,25,26,29). The molecule has 0 spiro atoms. The zero-order chi connectivity index (χ0) is 22.9. The Morgan fingerprint density at radius 2 is 1.91 bits per heavy atom. The van der Waals surface area contributed by atoms with Crippen LogP contribution in [0.3, 0.4) is 0 Å². The number of pyridine rings is 1. The van der Waals surface area contributed by atoms with Crippen LogP contribution in [0.5, 0.6) is 0 Å². The fourth-order valence-electron chi connectivity index (χ4n) is 4.12. The molecule has 4 rings (SSSR count). The third-order valence-corrected chi connectivity index (χ3v) is 5.55. The van der Waals surface area contributed by atoms with Gasteiger partial charge < -0.3 is 20.4 Å². The average molecular weight is 432 g/mol. The molecule has 1 atom stereocenters. The van der Waals surface area contributed by atoms with Crippen molar-refractivity contribution in [2.24, 2.45) is 5.41 Å². The van der Waals surface area contributed by atoms with Crippen LogP contribution in [0.15, 0.2) is 48.7 Å². The van der Waals surface area contributed by atoms with Gasteiger partial charge in [0.25, 0.3) is 0 Å². The van der Waals surface area contributed by atoms with Gasteiger partial charge in [-0.1, -0.05) is 18.2 Å². The van der Waals surface area contributed by atoms with Crippen molar-refractivity contribution in [2.75, 3.05) is 17.7 Å². The van der Waals surface area contributed by atoms with Crippen molar-refractivity contribution in [3.63, 3.8) is 0 Å². The molecular formula is C24H24N4O4. The maximum Gasteiger partial charge on any atom is 0.312 e. The third-order valence-electron chi connectivity index (χ3n) is 5.55. The van der Waals surface area contributed by atoms with E-state index in [0.717, 1.165) is 11.3 Å². The number of hydrogen-bond donors (Lipinski definition) is 3. The molecule has 8 nitrogen and oxygen atoms in total. The maximum absolute atomic E-state index is 13.3. The van der Waals surface area contributed by atoms with E-state index < -0.39 is 11.4 Å². The Morgan fingerprint density at radius 1 is 1.16 bits per heavy atom. The van der Waals surface area contributed by atoms with Crippen LogP contribution < -0.4 is 10.6 Å². The van der Waals surface area contributed by atoms with Crippen LogP contribution in [0.2, 0.25) is 0 Å². The Balaban J connectivity index is 1.85. The zero-order valence-electron chi connectivity index (χ0n) is 18.1. The summed E-state index contributed by atoms with van der Waals surface area (Å²) in [4.78, 5) is 44.7. The number of carbonyl (C=O) groups excluding carboxylic acids is 3. The van der Waals surface area contributed by atoms with E-state index >= 15 is 0 Å². The molecule has 0 radical (unpaired) electrons. The summed E-state index contributed by atoms with van der Waals surface area (Å²) < 4.78 is 4.96. The highest BCUT2D eigenvalue weighted by atomic mass is 16.5. The lowest BCUT2D eigenvalue weighted by Gasteiger charge is -2.29. The number of nitrogens with one attached hydrogen (secondary N) is 3. The van der Waals surface area contributed by atoms with Gasteiger partial charge >= 0.3 is 5.97 Å². The first-order valence-corrected chi connectivity index (χ1v) is 10.2. The van der Waals surface area contributed by atoms with E-state index in [-0.39, 0.29) is 18.1 Å². The van der Waals surface area contributed by atoms with Crippen LogP contribution in [0.4, 0.5) is 17.2 Å². The maximum atomic E-state index is 13.3. The Bertz CT molecular complexity index is 1200. The fraction of sp³-hybridized carbons (Fsp3) is 0.250. The molecule has 0 aliphatic heterocycles. The van der Waals surface area contributed by atoms with Gasteiger partial charge in [0, 0.05) is 42.9 Å². The second-order valence-corrected chi connectivity index (χ2v) is 8.16. The highest BCUT2D eigenvalue weighted by Crippen LogP contribution is 2.44. The molecule has 8 heteroatoms. The number of aromatic amines is 1. The van der Waals surface area contributed by atoms with E-state index in [0.29, 0.717) is 34.9 Å². The minimum Gasteiger partial charge on any atom is -0.469 e. The first-order chi connectivity index (χ1) is 15.3. The third kappa shape index (κ3) is 3.99. The van der Waals surface area contributed by atoms with Gasteiger partial charge in [-0.2, -0.15) is 0 Å². The highest BCUT2D eigenvalue weighted by Gasteiger charge is 2.44. The van der Waals surface area contributed by atoms with Crippen LogP contribution in [0.1, 0.15) is 36.3 Å². The molecule has 2 aromatic heterocycles. The minimum atomic E-state index is -0.940. The number of Topliss-reactive ketones (excluding diaryl/α,β-unsaturated/α-hetero) is 1. The van der Waals surface area contributed by atoms with Gasteiger partial charge in [0.05, 0.1) is 29.5 Å². The SMILES string of the molecule is COC(=O)C1(C)CC(=O)c2c([nH]c(-c3ccnc(NC(C)=O)c3)c2Nc2ccccc2)C1. The first kappa shape index (κ1) is 21.3. The molecule has 0 bridgehead atoms. The second kappa shape index (κ2) is 8.30. The molecule has 2 heterocycles. The molecule has 1 unspecified atom stereocenters. The smallest absolute Gasteiger partial charge is 0.312 e. The number of amides is 1. The molecule has 1 aromatic carbocycles. The predicted molar refractivity (Wildman–Crippen MR) is 121 cm³/mol. The van der Waals surface area contributed by atoms with Gasteiger partial charge in [0.2, 0.25) is 5.91 Å². The summed E-state index contributed by atoms with van der Waals surface area (Å²) in [7, 11) is 1.33. The molecule has 3 aromatic rings. The molecule has 0 saturated carbocycles. The van der Waals surface area contributed by atoms with Crippen molar-refractivity contribution in [3.05, 3.63) is 59.9 Å². The van der Waals surface area contributed by atoms with E-state index in [1.807, 2.05) is 30.3 Å². The summed E-state index contributed by atoms with van der Waals surface area (Å²) in [6.07, 6.45) is 1.99. The number of rotatable bonds is 5. The van der Waals surface area contributed by atoms with Crippen molar-refractivity contribution in [1.29, 1.82) is 0 Å². The summed E-state index contributed by atoms with van der Waals surface area (Å²) in [5, 5.41) is 6.04.